The summed E-state index contributed by atoms with van der Waals surface area (Å²) in [4.78, 5) is 1.45. The van der Waals surface area contributed by atoms with Gasteiger partial charge in [-0.05, 0) is 35.4 Å². The van der Waals surface area contributed by atoms with Gasteiger partial charge in [-0.3, -0.25) is 0 Å². The fourth-order valence-corrected chi connectivity index (χ4v) is 3.63. The van der Waals surface area contributed by atoms with Crippen molar-refractivity contribution >= 4 is 0 Å². The van der Waals surface area contributed by atoms with Gasteiger partial charge in [-0.25, -0.2) is 0 Å². The number of quaternary nitrogens is 1. The Morgan fingerprint density at radius 3 is 2.32 bits per heavy atom. The number of fused-ring (bicyclic) bond motifs is 1. The van der Waals surface area contributed by atoms with E-state index in [0.717, 1.165) is 36.4 Å². The van der Waals surface area contributed by atoms with E-state index in [4.69, 9.17) is 14.2 Å². The summed E-state index contributed by atoms with van der Waals surface area (Å²) < 4.78 is 16.1. The molecule has 0 fully saturated rings. The molecule has 1 aliphatic heterocycles. The lowest BCUT2D eigenvalue weighted by molar-refractivity contribution is -0.914. The van der Waals surface area contributed by atoms with Crippen molar-refractivity contribution in [3.05, 3.63) is 47.0 Å². The van der Waals surface area contributed by atoms with Gasteiger partial charge in [0.05, 0.1) is 34.9 Å². The third-order valence-electron chi connectivity index (χ3n) is 5.09. The van der Waals surface area contributed by atoms with Crippen LogP contribution < -0.4 is 19.1 Å². The highest BCUT2D eigenvalue weighted by molar-refractivity contribution is 5.49. The van der Waals surface area contributed by atoms with Crippen LogP contribution in [0.15, 0.2) is 30.3 Å². The van der Waals surface area contributed by atoms with Gasteiger partial charge >= 0.3 is 0 Å². The Kier molecular flexibility index (Phi) is 5.04. The summed E-state index contributed by atoms with van der Waals surface area (Å²) in [6, 6.07) is 10.1. The Labute approximate surface area is 148 Å². The van der Waals surface area contributed by atoms with Crippen LogP contribution in [0.2, 0.25) is 0 Å². The topological polar surface area (TPSA) is 52.4 Å². The van der Waals surface area contributed by atoms with Crippen molar-refractivity contribution in [3.63, 3.8) is 0 Å². The van der Waals surface area contributed by atoms with Crippen LogP contribution in [0.5, 0.6) is 23.0 Å². The van der Waals surface area contributed by atoms with Gasteiger partial charge in [-0.2, -0.15) is 0 Å². The molecule has 0 saturated heterocycles. The van der Waals surface area contributed by atoms with Crippen LogP contribution >= 0.6 is 0 Å². The van der Waals surface area contributed by atoms with Crippen molar-refractivity contribution in [1.82, 2.24) is 0 Å². The maximum absolute atomic E-state index is 10.1. The van der Waals surface area contributed by atoms with E-state index in [1.165, 1.54) is 16.0 Å². The number of hydrogen-bond acceptors (Lipinski definition) is 4. The highest BCUT2D eigenvalue weighted by Crippen LogP contribution is 2.35. The first-order valence-electron chi connectivity index (χ1n) is 8.50. The van der Waals surface area contributed by atoms with Crippen LogP contribution in [0.4, 0.5) is 0 Å². The van der Waals surface area contributed by atoms with Crippen LogP contribution in [0.3, 0.4) is 0 Å². The maximum Gasteiger partial charge on any atom is 0.161 e. The second-order valence-electron chi connectivity index (χ2n) is 6.52. The van der Waals surface area contributed by atoms with Crippen LogP contribution in [0, 0.1) is 0 Å². The molecular formula is C20H26NO4+. The van der Waals surface area contributed by atoms with Crippen molar-refractivity contribution in [1.29, 1.82) is 0 Å². The largest absolute Gasteiger partial charge is 0.504 e. The van der Waals surface area contributed by atoms with Crippen LogP contribution in [0.1, 0.15) is 22.7 Å². The number of methoxy groups -OCH3 is 3. The molecule has 2 atom stereocenters. The fourth-order valence-electron chi connectivity index (χ4n) is 3.63. The van der Waals surface area contributed by atoms with Gasteiger partial charge in [-0.1, -0.05) is 6.07 Å². The molecule has 0 saturated carbocycles. The monoisotopic (exact) mass is 344 g/mol. The van der Waals surface area contributed by atoms with Gasteiger partial charge in [0, 0.05) is 18.4 Å². The van der Waals surface area contributed by atoms with Crippen molar-refractivity contribution in [3.8, 4) is 23.0 Å². The Morgan fingerprint density at radius 1 is 1.00 bits per heavy atom. The van der Waals surface area contributed by atoms with Crippen LogP contribution in [-0.4, -0.2) is 40.0 Å². The lowest BCUT2D eigenvalue weighted by atomic mass is 9.88. The third kappa shape index (κ3) is 3.37. The molecule has 0 amide bonds. The van der Waals surface area contributed by atoms with Crippen LogP contribution in [0.25, 0.3) is 0 Å². The molecule has 5 heteroatoms. The zero-order chi connectivity index (χ0) is 18.0. The standard InChI is InChI=1S/C20H25NO4/c1-21-8-7-14-11-19(24-3)20(25-4)12-15(14)16(21)9-13-5-6-18(23-2)17(22)10-13/h5-6,10-12,16,22H,7-9H2,1-4H3/p+1. The van der Waals surface area contributed by atoms with Gasteiger partial charge in [0.1, 0.15) is 6.04 Å². The summed E-state index contributed by atoms with van der Waals surface area (Å²) in [5, 5.41) is 10.1. The van der Waals surface area contributed by atoms with E-state index in [0.29, 0.717) is 11.8 Å². The summed E-state index contributed by atoms with van der Waals surface area (Å²) in [5.74, 6) is 2.22. The average Bonchev–Trinajstić information content (AvgIpc) is 2.63. The molecule has 0 aliphatic carbocycles. The Balaban J connectivity index is 1.96. The lowest BCUT2D eigenvalue weighted by Crippen LogP contribution is -3.10. The van der Waals surface area contributed by atoms with Crippen molar-refractivity contribution in [2.24, 2.45) is 0 Å². The zero-order valence-corrected chi connectivity index (χ0v) is 15.3. The van der Waals surface area contributed by atoms with E-state index in [1.807, 2.05) is 12.1 Å². The number of nitrogens with one attached hydrogen (secondary N) is 1. The summed E-state index contributed by atoms with van der Waals surface area (Å²) in [6.07, 6.45) is 1.86. The molecule has 3 rings (SSSR count). The molecule has 134 valence electrons. The molecule has 0 aromatic heterocycles. The molecule has 5 nitrogen and oxygen atoms in total. The van der Waals surface area contributed by atoms with E-state index in [2.05, 4.69) is 19.2 Å². The Hall–Kier alpha value is -2.40. The summed E-state index contributed by atoms with van der Waals surface area (Å²) >= 11 is 0. The zero-order valence-electron chi connectivity index (χ0n) is 15.3. The van der Waals surface area contributed by atoms with Gasteiger partial charge in [0.25, 0.3) is 0 Å². The Bertz CT molecular complexity index is 760. The molecule has 1 aliphatic rings. The number of ether oxygens (including phenoxy) is 3. The highest BCUT2D eigenvalue weighted by atomic mass is 16.5. The molecule has 0 spiro atoms. The normalized spacial score (nSPS) is 19.2. The number of phenolic OH excluding ortho intramolecular Hbond substituents is 1. The van der Waals surface area contributed by atoms with Crippen molar-refractivity contribution in [2.45, 2.75) is 18.9 Å². The average molecular weight is 344 g/mol. The first kappa shape index (κ1) is 17.4. The van der Waals surface area contributed by atoms with Gasteiger partial charge in [0.15, 0.2) is 23.0 Å². The minimum Gasteiger partial charge on any atom is -0.504 e. The first-order valence-corrected chi connectivity index (χ1v) is 8.50. The second kappa shape index (κ2) is 7.23. The number of phenols is 1. The molecular weight excluding hydrogens is 318 g/mol. The van der Waals surface area contributed by atoms with E-state index >= 15 is 0 Å². The SMILES string of the molecule is COc1ccc(CC2c3cc(OC)c(OC)cc3CC[NH+]2C)cc1O. The molecule has 2 aromatic rings. The predicted molar refractivity (Wildman–Crippen MR) is 96.1 cm³/mol. The second-order valence-corrected chi connectivity index (χ2v) is 6.52. The van der Waals surface area contributed by atoms with Crippen molar-refractivity contribution < 1.29 is 24.2 Å². The first-order chi connectivity index (χ1) is 12.1. The molecule has 25 heavy (non-hydrogen) atoms. The fraction of sp³-hybridized carbons (Fsp3) is 0.400. The molecule has 2 aromatic carbocycles. The van der Waals surface area contributed by atoms with E-state index < -0.39 is 0 Å². The minimum atomic E-state index is 0.181. The number of hydrogen-bond donors (Lipinski definition) is 2. The smallest absolute Gasteiger partial charge is 0.161 e. The summed E-state index contributed by atoms with van der Waals surface area (Å²) in [7, 11) is 7.11. The van der Waals surface area contributed by atoms with Gasteiger partial charge in [0.2, 0.25) is 0 Å². The minimum absolute atomic E-state index is 0.181. The summed E-state index contributed by atoms with van der Waals surface area (Å²) in [6.45, 7) is 1.06. The van der Waals surface area contributed by atoms with E-state index in [1.54, 1.807) is 27.4 Å². The molecule has 2 unspecified atom stereocenters. The van der Waals surface area contributed by atoms with Gasteiger partial charge < -0.3 is 24.2 Å². The molecule has 0 bridgehead atoms. The van der Waals surface area contributed by atoms with E-state index in [-0.39, 0.29) is 5.75 Å². The quantitative estimate of drug-likeness (QED) is 0.868. The molecule has 2 N–H and O–H groups in total. The number of aromatic hydroxyl groups is 1. The van der Waals surface area contributed by atoms with Crippen molar-refractivity contribution in [2.75, 3.05) is 34.9 Å². The number of likely N-dealkylation sites (N-methyl/N-ethyl adjacent to an activating group) is 1. The number of benzene rings is 2. The van der Waals surface area contributed by atoms with Gasteiger partial charge in [-0.15, -0.1) is 0 Å². The highest BCUT2D eigenvalue weighted by Gasteiger charge is 2.30. The molecule has 1 heterocycles. The lowest BCUT2D eigenvalue weighted by Gasteiger charge is -2.32. The van der Waals surface area contributed by atoms with Crippen LogP contribution in [-0.2, 0) is 12.8 Å². The molecule has 0 radical (unpaired) electrons. The third-order valence-corrected chi connectivity index (χ3v) is 5.09. The summed E-state index contributed by atoms with van der Waals surface area (Å²) in [5.41, 5.74) is 3.69. The Morgan fingerprint density at radius 2 is 1.68 bits per heavy atom. The van der Waals surface area contributed by atoms with E-state index in [9.17, 15) is 5.11 Å². The maximum atomic E-state index is 10.1. The number of rotatable bonds is 5. The predicted octanol–water partition coefficient (Wildman–Crippen LogP) is 1.77.